The predicted molar refractivity (Wildman–Crippen MR) is 111 cm³/mol. The number of pyridine rings is 1. The van der Waals surface area contributed by atoms with Crippen molar-refractivity contribution < 1.29 is 9.53 Å². The Morgan fingerprint density at radius 2 is 1.97 bits per heavy atom. The summed E-state index contributed by atoms with van der Waals surface area (Å²) < 4.78 is 7.36. The van der Waals surface area contributed by atoms with Crippen molar-refractivity contribution in [2.75, 3.05) is 11.9 Å². The van der Waals surface area contributed by atoms with Crippen LogP contribution in [0.3, 0.4) is 0 Å². The molecule has 4 rings (SSSR count). The van der Waals surface area contributed by atoms with Crippen molar-refractivity contribution in [1.82, 2.24) is 19.4 Å². The van der Waals surface area contributed by atoms with E-state index < -0.39 is 0 Å². The smallest absolute Gasteiger partial charge is 0.317 e. The number of imidazole rings is 1. The lowest BCUT2D eigenvalue weighted by Gasteiger charge is -2.10. The van der Waals surface area contributed by atoms with E-state index in [2.05, 4.69) is 20.3 Å². The number of rotatable bonds is 5. The van der Waals surface area contributed by atoms with Gasteiger partial charge in [0.05, 0.1) is 5.69 Å². The van der Waals surface area contributed by atoms with Gasteiger partial charge >= 0.3 is 6.01 Å². The number of aromatic nitrogens is 4. The van der Waals surface area contributed by atoms with Crippen molar-refractivity contribution in [3.8, 4) is 17.3 Å². The topological polar surface area (TPSA) is 81.4 Å². The number of hydrogen-bond donors (Lipinski definition) is 1. The Labute approximate surface area is 168 Å². The Morgan fingerprint density at radius 1 is 1.10 bits per heavy atom. The molecule has 0 saturated carbocycles. The SMILES string of the molecule is Cc1ccn2cc(-c3ccc(C)c(NC(=O)COc4nccc(C)n4)c3)nc2c1. The molecular weight excluding hydrogens is 366 g/mol. The van der Waals surface area contributed by atoms with Crippen LogP contribution in [0.4, 0.5) is 5.69 Å². The number of aryl methyl sites for hydroxylation is 3. The van der Waals surface area contributed by atoms with Crippen molar-refractivity contribution in [3.63, 3.8) is 0 Å². The fraction of sp³-hybridized carbons (Fsp3) is 0.182. The fourth-order valence-corrected chi connectivity index (χ4v) is 2.95. The highest BCUT2D eigenvalue weighted by atomic mass is 16.5. The Kier molecular flexibility index (Phi) is 4.95. The standard InChI is InChI=1S/C22H21N5O2/c1-14-7-9-27-12-19(25-20(27)10-14)17-5-4-15(2)18(11-17)26-21(28)13-29-22-23-8-6-16(3)24-22/h4-12H,13H2,1-3H3,(H,26,28). The average Bonchev–Trinajstić information content (AvgIpc) is 3.11. The minimum absolute atomic E-state index is 0.166. The minimum atomic E-state index is -0.277. The Bertz CT molecular complexity index is 1200. The lowest BCUT2D eigenvalue weighted by atomic mass is 10.1. The molecule has 1 aromatic carbocycles. The van der Waals surface area contributed by atoms with Gasteiger partial charge in [-0.3, -0.25) is 4.79 Å². The number of hydrogen-bond acceptors (Lipinski definition) is 5. The predicted octanol–water partition coefficient (Wildman–Crippen LogP) is 3.73. The summed E-state index contributed by atoms with van der Waals surface area (Å²) in [7, 11) is 0. The maximum atomic E-state index is 12.3. The zero-order valence-corrected chi connectivity index (χ0v) is 16.5. The number of nitrogens with one attached hydrogen (secondary N) is 1. The van der Waals surface area contributed by atoms with Crippen molar-refractivity contribution in [1.29, 1.82) is 0 Å². The number of nitrogens with zero attached hydrogens (tertiary/aromatic N) is 4. The van der Waals surface area contributed by atoms with E-state index >= 15 is 0 Å². The quantitative estimate of drug-likeness (QED) is 0.564. The summed E-state index contributed by atoms with van der Waals surface area (Å²) in [4.78, 5) is 25.1. The van der Waals surface area contributed by atoms with Crippen molar-refractivity contribution in [2.24, 2.45) is 0 Å². The van der Waals surface area contributed by atoms with Gasteiger partial charge in [-0.15, -0.1) is 0 Å². The van der Waals surface area contributed by atoms with Crippen LogP contribution >= 0.6 is 0 Å². The van der Waals surface area contributed by atoms with Gasteiger partial charge in [0.1, 0.15) is 5.65 Å². The van der Waals surface area contributed by atoms with Gasteiger partial charge in [0.25, 0.3) is 5.91 Å². The Morgan fingerprint density at radius 3 is 2.79 bits per heavy atom. The summed E-state index contributed by atoms with van der Waals surface area (Å²) in [5.41, 5.74) is 6.26. The van der Waals surface area contributed by atoms with Gasteiger partial charge < -0.3 is 14.5 Å². The van der Waals surface area contributed by atoms with Crippen LogP contribution < -0.4 is 10.1 Å². The van der Waals surface area contributed by atoms with Gasteiger partial charge in [-0.1, -0.05) is 12.1 Å². The van der Waals surface area contributed by atoms with E-state index in [1.165, 1.54) is 0 Å². The van der Waals surface area contributed by atoms with Gasteiger partial charge in [0, 0.05) is 35.5 Å². The first-order valence-electron chi connectivity index (χ1n) is 9.26. The van der Waals surface area contributed by atoms with Crippen LogP contribution in [0.5, 0.6) is 6.01 Å². The van der Waals surface area contributed by atoms with E-state index in [0.29, 0.717) is 0 Å². The molecule has 3 heterocycles. The first-order chi connectivity index (χ1) is 14.0. The van der Waals surface area contributed by atoms with Crippen LogP contribution in [-0.2, 0) is 4.79 Å². The number of carbonyl (C=O) groups excluding carboxylic acids is 1. The second-order valence-electron chi connectivity index (χ2n) is 6.94. The van der Waals surface area contributed by atoms with Crippen LogP contribution in [0.1, 0.15) is 16.8 Å². The summed E-state index contributed by atoms with van der Waals surface area (Å²) >= 11 is 0. The largest absolute Gasteiger partial charge is 0.453 e. The molecule has 1 amide bonds. The van der Waals surface area contributed by atoms with E-state index in [1.54, 1.807) is 12.3 Å². The molecule has 29 heavy (non-hydrogen) atoms. The molecule has 0 radical (unpaired) electrons. The maximum absolute atomic E-state index is 12.3. The molecule has 1 N–H and O–H groups in total. The highest BCUT2D eigenvalue weighted by molar-refractivity contribution is 5.93. The molecule has 0 aliphatic rings. The van der Waals surface area contributed by atoms with Crippen LogP contribution in [0.15, 0.2) is 55.0 Å². The summed E-state index contributed by atoms with van der Waals surface area (Å²) in [6.07, 6.45) is 5.56. The first kappa shape index (κ1) is 18.6. The number of anilines is 1. The molecule has 0 spiro atoms. The Balaban J connectivity index is 1.51. The molecule has 0 unspecified atom stereocenters. The first-order valence-corrected chi connectivity index (χ1v) is 9.26. The zero-order valence-electron chi connectivity index (χ0n) is 16.5. The second kappa shape index (κ2) is 7.71. The van der Waals surface area contributed by atoms with E-state index in [4.69, 9.17) is 4.74 Å². The van der Waals surface area contributed by atoms with E-state index in [9.17, 15) is 4.79 Å². The molecule has 7 heteroatoms. The zero-order chi connectivity index (χ0) is 20.4. The third-order valence-corrected chi connectivity index (χ3v) is 4.53. The van der Waals surface area contributed by atoms with Crippen molar-refractivity contribution in [2.45, 2.75) is 20.8 Å². The maximum Gasteiger partial charge on any atom is 0.317 e. The Hall–Kier alpha value is -3.74. The van der Waals surface area contributed by atoms with Gasteiger partial charge in [0.2, 0.25) is 0 Å². The molecule has 146 valence electrons. The van der Waals surface area contributed by atoms with Crippen molar-refractivity contribution >= 4 is 17.2 Å². The highest BCUT2D eigenvalue weighted by Gasteiger charge is 2.11. The number of amides is 1. The third kappa shape index (κ3) is 4.24. The van der Waals surface area contributed by atoms with Crippen LogP contribution in [0.25, 0.3) is 16.9 Å². The second-order valence-corrected chi connectivity index (χ2v) is 6.94. The number of benzene rings is 1. The van der Waals surface area contributed by atoms with Crippen molar-refractivity contribution in [3.05, 3.63) is 71.8 Å². The molecule has 0 fully saturated rings. The van der Waals surface area contributed by atoms with Crippen LogP contribution in [-0.4, -0.2) is 31.9 Å². The number of fused-ring (bicyclic) bond motifs is 1. The van der Waals surface area contributed by atoms with Gasteiger partial charge in [-0.2, -0.15) is 0 Å². The van der Waals surface area contributed by atoms with Crippen LogP contribution in [0.2, 0.25) is 0 Å². The summed E-state index contributed by atoms with van der Waals surface area (Å²) in [6, 6.07) is 11.9. The average molecular weight is 387 g/mol. The highest BCUT2D eigenvalue weighted by Crippen LogP contribution is 2.25. The molecule has 4 aromatic rings. The third-order valence-electron chi connectivity index (χ3n) is 4.53. The minimum Gasteiger partial charge on any atom is -0.453 e. The molecule has 0 aliphatic carbocycles. The monoisotopic (exact) mass is 387 g/mol. The fourth-order valence-electron chi connectivity index (χ4n) is 2.95. The molecular formula is C22H21N5O2. The molecule has 3 aromatic heterocycles. The summed E-state index contributed by atoms with van der Waals surface area (Å²) in [5.74, 6) is -0.277. The van der Waals surface area contributed by atoms with E-state index in [1.807, 2.05) is 67.9 Å². The van der Waals surface area contributed by atoms with E-state index in [0.717, 1.165) is 39.4 Å². The number of ether oxygens (including phenoxy) is 1. The lowest BCUT2D eigenvalue weighted by Crippen LogP contribution is -2.21. The van der Waals surface area contributed by atoms with Gasteiger partial charge in [-0.05, 0) is 56.2 Å². The normalized spacial score (nSPS) is 10.9. The number of carbonyl (C=O) groups is 1. The molecule has 0 atom stereocenters. The molecule has 0 aliphatic heterocycles. The molecule has 0 bridgehead atoms. The van der Waals surface area contributed by atoms with Crippen LogP contribution in [0, 0.1) is 20.8 Å². The van der Waals surface area contributed by atoms with Gasteiger partial charge in [-0.25, -0.2) is 15.0 Å². The lowest BCUT2D eigenvalue weighted by molar-refractivity contribution is -0.118. The molecule has 0 saturated heterocycles. The summed E-state index contributed by atoms with van der Waals surface area (Å²) in [5, 5.41) is 2.89. The molecule has 7 nitrogen and oxygen atoms in total. The summed E-state index contributed by atoms with van der Waals surface area (Å²) in [6.45, 7) is 5.65. The van der Waals surface area contributed by atoms with Gasteiger partial charge in [0.15, 0.2) is 6.61 Å². The van der Waals surface area contributed by atoms with E-state index in [-0.39, 0.29) is 18.5 Å².